The number of carbonyl (C=O) groups excluding carboxylic acids is 1. The summed E-state index contributed by atoms with van der Waals surface area (Å²) in [7, 11) is 1.62. The first-order valence-electron chi connectivity index (χ1n) is 8.48. The quantitative estimate of drug-likeness (QED) is 0.870. The lowest BCUT2D eigenvalue weighted by molar-refractivity contribution is -0.118. The third-order valence-corrected chi connectivity index (χ3v) is 4.28. The largest absolute Gasteiger partial charge is 0.497 e. The minimum atomic E-state index is 0.00358. The normalized spacial score (nSPS) is 15.7. The summed E-state index contributed by atoms with van der Waals surface area (Å²) in [6.07, 6.45) is 4.29. The van der Waals surface area contributed by atoms with E-state index in [-0.39, 0.29) is 18.4 Å². The molecule has 0 fully saturated rings. The van der Waals surface area contributed by atoms with Crippen LogP contribution in [0.5, 0.6) is 11.5 Å². The molecule has 1 atom stereocenters. The third kappa shape index (κ3) is 6.22. The number of fused-ring (bicyclic) bond motifs is 1. The molecular formula is C19H31NO3. The fourth-order valence-electron chi connectivity index (χ4n) is 2.42. The van der Waals surface area contributed by atoms with Gasteiger partial charge in [-0.1, -0.05) is 33.6 Å². The molecule has 0 aliphatic heterocycles. The topological polar surface area (TPSA) is 61.5 Å². The van der Waals surface area contributed by atoms with Crippen LogP contribution < -0.4 is 15.2 Å². The Morgan fingerprint density at radius 3 is 2.43 bits per heavy atom. The van der Waals surface area contributed by atoms with Gasteiger partial charge in [-0.05, 0) is 42.9 Å². The molecule has 1 aliphatic carbocycles. The molecule has 1 aromatic carbocycles. The van der Waals surface area contributed by atoms with Crippen LogP contribution in [0.25, 0.3) is 0 Å². The van der Waals surface area contributed by atoms with E-state index in [4.69, 9.17) is 15.2 Å². The first kappa shape index (κ1) is 19.5. The van der Waals surface area contributed by atoms with Gasteiger partial charge >= 0.3 is 0 Å². The van der Waals surface area contributed by atoms with Crippen molar-refractivity contribution in [3.63, 3.8) is 0 Å². The lowest BCUT2D eigenvalue weighted by Gasteiger charge is -2.11. The Morgan fingerprint density at radius 2 is 1.96 bits per heavy atom. The number of carbonyl (C=O) groups is 1. The van der Waals surface area contributed by atoms with Crippen molar-refractivity contribution in [3.05, 3.63) is 23.3 Å². The van der Waals surface area contributed by atoms with Gasteiger partial charge < -0.3 is 15.2 Å². The second-order valence-corrected chi connectivity index (χ2v) is 6.34. The Bertz CT molecular complexity index is 510. The summed E-state index contributed by atoms with van der Waals surface area (Å²) in [5, 5.41) is 0. The number of methoxy groups -OCH3 is 1. The fraction of sp³-hybridized carbons (Fsp3) is 0.632. The zero-order valence-electron chi connectivity index (χ0n) is 15.1. The summed E-state index contributed by atoms with van der Waals surface area (Å²) in [6.45, 7) is 8.34. The molecule has 1 aromatic rings. The average Bonchev–Trinajstić information content (AvgIpc) is 2.92. The van der Waals surface area contributed by atoms with Crippen LogP contribution in [-0.4, -0.2) is 25.5 Å². The summed E-state index contributed by atoms with van der Waals surface area (Å²) in [5.41, 5.74) is 8.21. The molecule has 2 N–H and O–H groups in total. The van der Waals surface area contributed by atoms with Crippen LogP contribution in [0, 0.1) is 5.92 Å². The van der Waals surface area contributed by atoms with E-state index in [0.29, 0.717) is 0 Å². The summed E-state index contributed by atoms with van der Waals surface area (Å²) < 4.78 is 10.7. The van der Waals surface area contributed by atoms with Gasteiger partial charge in [0, 0.05) is 12.1 Å². The number of Topliss-reactive ketones (excluding diaryl/α,β-unsaturated/α-hetero) is 1. The van der Waals surface area contributed by atoms with Gasteiger partial charge in [-0.25, -0.2) is 0 Å². The summed E-state index contributed by atoms with van der Waals surface area (Å²) in [6, 6.07) is 3.94. The van der Waals surface area contributed by atoms with E-state index in [0.717, 1.165) is 41.4 Å². The zero-order chi connectivity index (χ0) is 17.4. The van der Waals surface area contributed by atoms with Gasteiger partial charge in [0.1, 0.15) is 18.1 Å². The highest BCUT2D eigenvalue weighted by molar-refractivity contribution is 5.77. The molecule has 130 valence electrons. The molecular weight excluding hydrogens is 290 g/mol. The number of ketones is 1. The second kappa shape index (κ2) is 9.56. The van der Waals surface area contributed by atoms with E-state index in [1.54, 1.807) is 7.11 Å². The van der Waals surface area contributed by atoms with Crippen LogP contribution in [0.4, 0.5) is 0 Å². The molecule has 4 nitrogen and oxygen atoms in total. The van der Waals surface area contributed by atoms with E-state index in [1.807, 2.05) is 12.1 Å². The molecule has 23 heavy (non-hydrogen) atoms. The predicted octanol–water partition coefficient (Wildman–Crippen LogP) is 3.53. The van der Waals surface area contributed by atoms with Gasteiger partial charge in [0.05, 0.1) is 7.11 Å². The van der Waals surface area contributed by atoms with E-state index >= 15 is 0 Å². The zero-order valence-corrected chi connectivity index (χ0v) is 15.1. The monoisotopic (exact) mass is 321 g/mol. The van der Waals surface area contributed by atoms with Gasteiger partial charge in [-0.3, -0.25) is 4.79 Å². The molecule has 0 heterocycles. The van der Waals surface area contributed by atoms with Crippen molar-refractivity contribution in [1.82, 2.24) is 0 Å². The molecule has 1 unspecified atom stereocenters. The van der Waals surface area contributed by atoms with Gasteiger partial charge in [0.15, 0.2) is 5.78 Å². The molecule has 1 aliphatic rings. The van der Waals surface area contributed by atoms with Crippen molar-refractivity contribution in [2.75, 3.05) is 13.7 Å². The summed E-state index contributed by atoms with van der Waals surface area (Å²) >= 11 is 0. The van der Waals surface area contributed by atoms with Crippen molar-refractivity contribution in [1.29, 1.82) is 0 Å². The van der Waals surface area contributed by atoms with Crippen LogP contribution in [-0.2, 0) is 17.6 Å². The Hall–Kier alpha value is -1.55. The number of hydrogen-bond donors (Lipinski definition) is 1. The van der Waals surface area contributed by atoms with Crippen LogP contribution in [0.2, 0.25) is 0 Å². The summed E-state index contributed by atoms with van der Waals surface area (Å²) in [5.74, 6) is 2.41. The number of nitrogens with two attached hydrogens (primary N) is 1. The van der Waals surface area contributed by atoms with Crippen LogP contribution >= 0.6 is 0 Å². The Labute approximate surface area is 140 Å². The van der Waals surface area contributed by atoms with Crippen molar-refractivity contribution < 1.29 is 14.3 Å². The van der Waals surface area contributed by atoms with Crippen LogP contribution in [0.3, 0.4) is 0 Å². The fourth-order valence-corrected chi connectivity index (χ4v) is 2.42. The highest BCUT2D eigenvalue weighted by atomic mass is 16.5. The Balaban J connectivity index is 0.000000379. The number of hydrogen-bond acceptors (Lipinski definition) is 4. The molecule has 0 radical (unpaired) electrons. The molecule has 0 spiro atoms. The second-order valence-electron chi connectivity index (χ2n) is 6.34. The maximum Gasteiger partial charge on any atom is 0.167 e. The minimum absolute atomic E-state index is 0.00358. The highest BCUT2D eigenvalue weighted by Crippen LogP contribution is 2.34. The number of benzene rings is 1. The smallest absolute Gasteiger partial charge is 0.167 e. The van der Waals surface area contributed by atoms with E-state index in [2.05, 4.69) is 20.8 Å². The van der Waals surface area contributed by atoms with E-state index < -0.39 is 0 Å². The molecule has 0 bridgehead atoms. The highest BCUT2D eigenvalue weighted by Gasteiger charge is 2.23. The predicted molar refractivity (Wildman–Crippen MR) is 94.3 cm³/mol. The van der Waals surface area contributed by atoms with Crippen molar-refractivity contribution in [3.8, 4) is 11.5 Å². The molecule has 4 heteroatoms. The third-order valence-electron chi connectivity index (χ3n) is 4.28. The van der Waals surface area contributed by atoms with Crippen LogP contribution in [0.15, 0.2) is 12.1 Å². The number of rotatable bonds is 6. The maximum absolute atomic E-state index is 11.0. The maximum atomic E-state index is 11.0. The lowest BCUT2D eigenvalue weighted by atomic mass is 10.1. The van der Waals surface area contributed by atoms with E-state index in [1.165, 1.54) is 19.8 Å². The molecule has 0 amide bonds. The Morgan fingerprint density at radius 1 is 1.30 bits per heavy atom. The summed E-state index contributed by atoms with van der Waals surface area (Å²) in [4.78, 5) is 11.0. The molecule has 2 rings (SSSR count). The van der Waals surface area contributed by atoms with Gasteiger partial charge in [0.2, 0.25) is 0 Å². The first-order valence-corrected chi connectivity index (χ1v) is 8.48. The molecule has 0 aromatic heterocycles. The van der Waals surface area contributed by atoms with Gasteiger partial charge in [-0.2, -0.15) is 0 Å². The van der Waals surface area contributed by atoms with Crippen molar-refractivity contribution in [2.24, 2.45) is 11.7 Å². The van der Waals surface area contributed by atoms with Gasteiger partial charge in [0.25, 0.3) is 0 Å². The molecule has 0 saturated carbocycles. The van der Waals surface area contributed by atoms with Crippen molar-refractivity contribution in [2.45, 2.75) is 59.4 Å². The molecule has 0 saturated heterocycles. The van der Waals surface area contributed by atoms with Gasteiger partial charge in [-0.15, -0.1) is 0 Å². The van der Waals surface area contributed by atoms with E-state index in [9.17, 15) is 4.79 Å². The SMILES string of the molecule is CCC(C)CC.COc1cc2c(c(OCC(C)=O)c1)CC(N)C2. The minimum Gasteiger partial charge on any atom is -0.497 e. The average molecular weight is 321 g/mol. The first-order chi connectivity index (χ1) is 10.9. The standard InChI is InChI=1S/C13H17NO3.C6H14/c1-8(15)7-17-13-6-11(16-2)4-9-3-10(14)5-12(9)13;1-4-6(3)5-2/h4,6,10H,3,5,7,14H2,1-2H3;6H,4-5H2,1-3H3. The van der Waals surface area contributed by atoms with Crippen LogP contribution in [0.1, 0.15) is 51.7 Å². The van der Waals surface area contributed by atoms with Crippen molar-refractivity contribution >= 4 is 5.78 Å². The lowest BCUT2D eigenvalue weighted by Crippen LogP contribution is -2.19. The Kier molecular flexibility index (Phi) is 8.10. The number of ether oxygens (including phenoxy) is 2.